The van der Waals surface area contributed by atoms with Crippen molar-refractivity contribution in [2.24, 2.45) is 0 Å². The second-order valence-electron chi connectivity index (χ2n) is 3.90. The van der Waals surface area contributed by atoms with E-state index in [0.29, 0.717) is 0 Å². The molecule has 0 radical (unpaired) electrons. The van der Waals surface area contributed by atoms with Gasteiger partial charge in [-0.15, -0.1) is 0 Å². The summed E-state index contributed by atoms with van der Waals surface area (Å²) in [5.41, 5.74) is 0. The van der Waals surface area contributed by atoms with Gasteiger partial charge in [-0.1, -0.05) is 13.3 Å². The zero-order valence-electron chi connectivity index (χ0n) is 8.85. The van der Waals surface area contributed by atoms with Crippen molar-refractivity contribution in [1.29, 1.82) is 0 Å². The molecule has 2 heteroatoms. The molecule has 1 fully saturated rings. The molecule has 0 spiro atoms. The van der Waals surface area contributed by atoms with Crippen LogP contribution in [0.4, 0.5) is 0 Å². The fourth-order valence-corrected chi connectivity index (χ4v) is 1.27. The van der Waals surface area contributed by atoms with Crippen molar-refractivity contribution in [3.8, 4) is 0 Å². The van der Waals surface area contributed by atoms with E-state index < -0.39 is 0 Å². The van der Waals surface area contributed by atoms with Gasteiger partial charge >= 0.3 is 0 Å². The summed E-state index contributed by atoms with van der Waals surface area (Å²) < 4.78 is 5.47. The highest BCUT2D eigenvalue weighted by Gasteiger charge is 2.19. The summed E-state index contributed by atoms with van der Waals surface area (Å²) >= 11 is 0. The topological polar surface area (TPSA) is 21.3 Å². The van der Waals surface area contributed by atoms with Crippen LogP contribution >= 0.6 is 0 Å². The van der Waals surface area contributed by atoms with Gasteiger partial charge in [-0.25, -0.2) is 0 Å². The normalized spacial score (nSPS) is 16.4. The molecular weight excluding hydrogens is 162 g/mol. The molecule has 0 heterocycles. The average molecular weight is 185 g/mol. The summed E-state index contributed by atoms with van der Waals surface area (Å²) in [6.45, 7) is 5.28. The van der Waals surface area contributed by atoms with Gasteiger partial charge in [0.05, 0.1) is 0 Å². The molecule has 0 amide bonds. The Morgan fingerprint density at radius 1 is 1.15 bits per heavy atom. The Balaban J connectivity index is 1.63. The first-order valence-corrected chi connectivity index (χ1v) is 5.74. The van der Waals surface area contributed by atoms with Crippen LogP contribution < -0.4 is 5.32 Å². The Morgan fingerprint density at radius 2 is 1.92 bits per heavy atom. The van der Waals surface area contributed by atoms with Crippen LogP contribution in [0.3, 0.4) is 0 Å². The highest BCUT2D eigenvalue weighted by atomic mass is 16.5. The van der Waals surface area contributed by atoms with Crippen LogP contribution in [0.5, 0.6) is 0 Å². The first-order chi connectivity index (χ1) is 6.43. The van der Waals surface area contributed by atoms with Crippen molar-refractivity contribution >= 4 is 0 Å². The van der Waals surface area contributed by atoms with Crippen molar-refractivity contribution in [2.75, 3.05) is 19.8 Å². The Bertz CT molecular complexity index is 113. The van der Waals surface area contributed by atoms with Gasteiger partial charge in [0.15, 0.2) is 0 Å². The van der Waals surface area contributed by atoms with E-state index in [-0.39, 0.29) is 0 Å². The number of hydrogen-bond acceptors (Lipinski definition) is 2. The molecule has 78 valence electrons. The summed E-state index contributed by atoms with van der Waals surface area (Å²) in [6, 6.07) is 0.862. The second kappa shape index (κ2) is 7.34. The molecular formula is C11H23NO. The Kier molecular flexibility index (Phi) is 6.21. The molecule has 1 N–H and O–H groups in total. The van der Waals surface area contributed by atoms with Crippen LogP contribution in [0.15, 0.2) is 0 Å². The van der Waals surface area contributed by atoms with Crippen molar-refractivity contribution in [3.63, 3.8) is 0 Å². The Hall–Kier alpha value is -0.0800. The summed E-state index contributed by atoms with van der Waals surface area (Å²) in [7, 11) is 0. The van der Waals surface area contributed by atoms with Gasteiger partial charge in [0.25, 0.3) is 0 Å². The van der Waals surface area contributed by atoms with Gasteiger partial charge in [0.1, 0.15) is 0 Å². The predicted octanol–water partition coefficient (Wildman–Crippen LogP) is 2.34. The van der Waals surface area contributed by atoms with Crippen LogP contribution in [0.25, 0.3) is 0 Å². The summed E-state index contributed by atoms with van der Waals surface area (Å²) in [5.74, 6) is 0. The first-order valence-electron chi connectivity index (χ1n) is 5.74. The van der Waals surface area contributed by atoms with E-state index in [1.807, 2.05) is 0 Å². The first kappa shape index (κ1) is 11.0. The molecule has 13 heavy (non-hydrogen) atoms. The zero-order valence-corrected chi connectivity index (χ0v) is 8.85. The number of nitrogens with one attached hydrogen (secondary N) is 1. The van der Waals surface area contributed by atoms with E-state index in [2.05, 4.69) is 12.2 Å². The molecule has 0 aromatic rings. The minimum Gasteiger partial charge on any atom is -0.381 e. The zero-order chi connectivity index (χ0) is 9.36. The van der Waals surface area contributed by atoms with E-state index in [0.717, 1.165) is 19.3 Å². The minimum atomic E-state index is 0.862. The second-order valence-corrected chi connectivity index (χ2v) is 3.90. The number of hydrogen-bond donors (Lipinski definition) is 1. The maximum Gasteiger partial charge on any atom is 0.0466 e. The monoisotopic (exact) mass is 185 g/mol. The average Bonchev–Trinajstić information content (AvgIpc) is 2.93. The molecule has 1 saturated carbocycles. The standard InChI is InChI=1S/C11H23NO/c1-2-3-9-13-10-5-4-8-12-11-6-7-11/h11-12H,2-10H2,1H3. The molecule has 1 aliphatic rings. The van der Waals surface area contributed by atoms with Gasteiger partial charge in [0, 0.05) is 19.3 Å². The predicted molar refractivity (Wildman–Crippen MR) is 56.0 cm³/mol. The van der Waals surface area contributed by atoms with Crippen LogP contribution in [-0.4, -0.2) is 25.8 Å². The van der Waals surface area contributed by atoms with Crippen molar-refractivity contribution in [3.05, 3.63) is 0 Å². The maximum absolute atomic E-state index is 5.47. The largest absolute Gasteiger partial charge is 0.381 e. The van der Waals surface area contributed by atoms with Crippen molar-refractivity contribution in [1.82, 2.24) is 5.32 Å². The van der Waals surface area contributed by atoms with Crippen LogP contribution in [0, 0.1) is 0 Å². The Morgan fingerprint density at radius 3 is 2.62 bits per heavy atom. The maximum atomic E-state index is 5.47. The van der Waals surface area contributed by atoms with E-state index in [9.17, 15) is 0 Å². The number of unbranched alkanes of at least 4 members (excludes halogenated alkanes) is 2. The van der Waals surface area contributed by atoms with Crippen LogP contribution in [-0.2, 0) is 4.74 Å². The highest BCUT2D eigenvalue weighted by Crippen LogP contribution is 2.18. The quantitative estimate of drug-likeness (QED) is 0.557. The molecule has 0 aromatic heterocycles. The molecule has 0 saturated heterocycles. The van der Waals surface area contributed by atoms with Gasteiger partial charge < -0.3 is 10.1 Å². The van der Waals surface area contributed by atoms with Gasteiger partial charge in [-0.05, 0) is 38.6 Å². The minimum absolute atomic E-state index is 0.862. The summed E-state index contributed by atoms with van der Waals surface area (Å²) in [4.78, 5) is 0. The molecule has 0 atom stereocenters. The van der Waals surface area contributed by atoms with Gasteiger partial charge in [-0.2, -0.15) is 0 Å². The molecule has 1 aliphatic carbocycles. The third-order valence-corrected chi connectivity index (χ3v) is 2.37. The smallest absolute Gasteiger partial charge is 0.0466 e. The van der Waals surface area contributed by atoms with E-state index in [4.69, 9.17) is 4.74 Å². The van der Waals surface area contributed by atoms with E-state index in [1.54, 1.807) is 0 Å². The molecule has 0 unspecified atom stereocenters. The Labute approximate surface area is 82.0 Å². The third-order valence-electron chi connectivity index (χ3n) is 2.37. The fraction of sp³-hybridized carbons (Fsp3) is 1.00. The molecule has 0 aromatic carbocycles. The lowest BCUT2D eigenvalue weighted by Crippen LogP contribution is -2.17. The summed E-state index contributed by atoms with van der Waals surface area (Å²) in [6.07, 6.45) is 7.72. The SMILES string of the molecule is CCCCOCCCCNC1CC1. The number of ether oxygens (including phenoxy) is 1. The fourth-order valence-electron chi connectivity index (χ4n) is 1.27. The van der Waals surface area contributed by atoms with E-state index in [1.165, 1.54) is 45.1 Å². The highest BCUT2D eigenvalue weighted by molar-refractivity contribution is 4.80. The molecule has 0 aliphatic heterocycles. The third kappa shape index (κ3) is 7.03. The van der Waals surface area contributed by atoms with Gasteiger partial charge in [-0.3, -0.25) is 0 Å². The molecule has 1 rings (SSSR count). The van der Waals surface area contributed by atoms with Gasteiger partial charge in [0.2, 0.25) is 0 Å². The van der Waals surface area contributed by atoms with Crippen molar-refractivity contribution < 1.29 is 4.74 Å². The summed E-state index contributed by atoms with van der Waals surface area (Å²) in [5, 5.41) is 3.50. The lowest BCUT2D eigenvalue weighted by molar-refractivity contribution is 0.127. The van der Waals surface area contributed by atoms with Crippen LogP contribution in [0.1, 0.15) is 45.4 Å². The van der Waals surface area contributed by atoms with Crippen molar-refractivity contribution in [2.45, 2.75) is 51.5 Å². The molecule has 2 nitrogen and oxygen atoms in total. The van der Waals surface area contributed by atoms with Crippen LogP contribution in [0.2, 0.25) is 0 Å². The van der Waals surface area contributed by atoms with E-state index >= 15 is 0 Å². The lowest BCUT2D eigenvalue weighted by atomic mass is 10.3. The lowest BCUT2D eigenvalue weighted by Gasteiger charge is -2.03. The number of rotatable bonds is 9. The molecule has 0 bridgehead atoms.